The number of ether oxygens (including phenoxy) is 1. The van der Waals surface area contributed by atoms with E-state index in [2.05, 4.69) is 0 Å². The molecule has 1 aromatic rings. The van der Waals surface area contributed by atoms with Crippen molar-refractivity contribution in [2.24, 2.45) is 0 Å². The Morgan fingerprint density at radius 3 is 2.65 bits per heavy atom. The van der Waals surface area contributed by atoms with Crippen molar-refractivity contribution in [3.8, 4) is 5.75 Å². The van der Waals surface area contributed by atoms with Crippen LogP contribution in [0.1, 0.15) is 0 Å². The van der Waals surface area contributed by atoms with Crippen LogP contribution in [0.2, 0.25) is 0 Å². The molecule has 0 fully saturated rings. The quantitative estimate of drug-likeness (QED) is 0.797. The number of amides is 1. The number of benzene rings is 1. The monoisotopic (exact) mass is 310 g/mol. The normalized spacial score (nSPS) is 12.8. The molecular weight excluding hydrogens is 297 g/mol. The molecule has 0 spiro atoms. The largest absolute Gasteiger partial charge is 0.497 e. The minimum atomic E-state index is -4.51. The van der Waals surface area contributed by atoms with Crippen molar-refractivity contribution < 1.29 is 26.9 Å². The van der Waals surface area contributed by atoms with Crippen LogP contribution < -0.4 is 15.8 Å². The first kappa shape index (κ1) is 16.3. The van der Waals surface area contributed by atoms with Crippen molar-refractivity contribution in [2.45, 2.75) is 11.1 Å². The molecule has 112 valence electrons. The number of carbonyl (C=O) groups excluding carboxylic acids is 1. The zero-order valence-corrected chi connectivity index (χ0v) is 11.3. The molecule has 1 rings (SSSR count). The van der Waals surface area contributed by atoms with Crippen LogP contribution in [0.3, 0.4) is 0 Å². The predicted molar refractivity (Wildman–Crippen MR) is 67.7 cm³/mol. The zero-order chi connectivity index (χ0) is 15.3. The maximum atomic E-state index is 11.9. The summed E-state index contributed by atoms with van der Waals surface area (Å²) < 4.78 is 52.6. The number of anilines is 1. The molecule has 0 radical (unpaired) electrons. The van der Waals surface area contributed by atoms with Crippen molar-refractivity contribution >= 4 is 22.4 Å². The molecule has 0 heterocycles. The van der Waals surface area contributed by atoms with Crippen LogP contribution in [0.5, 0.6) is 5.75 Å². The lowest BCUT2D eigenvalue weighted by molar-refractivity contribution is -0.136. The topological polar surface area (TPSA) is 81.4 Å². The molecule has 0 saturated heterocycles. The Kier molecular flexibility index (Phi) is 5.37. The predicted octanol–water partition coefficient (Wildman–Crippen LogP) is 1.06. The summed E-state index contributed by atoms with van der Waals surface area (Å²) in [7, 11) is -0.453. The van der Waals surface area contributed by atoms with Crippen LogP contribution in [0, 0.1) is 0 Å². The maximum Gasteiger partial charge on any atom is 0.405 e. The van der Waals surface area contributed by atoms with Crippen LogP contribution >= 0.6 is 0 Å². The van der Waals surface area contributed by atoms with Crippen LogP contribution in [0.4, 0.5) is 18.9 Å². The molecule has 0 aromatic heterocycles. The molecule has 20 heavy (non-hydrogen) atoms. The number of hydrogen-bond acceptors (Lipinski definition) is 4. The second-order valence-electron chi connectivity index (χ2n) is 3.79. The molecule has 0 aliphatic rings. The van der Waals surface area contributed by atoms with E-state index in [4.69, 9.17) is 10.5 Å². The highest BCUT2D eigenvalue weighted by atomic mass is 32.2. The van der Waals surface area contributed by atoms with Gasteiger partial charge in [0.25, 0.3) is 0 Å². The van der Waals surface area contributed by atoms with E-state index in [0.29, 0.717) is 5.75 Å². The number of nitrogens with two attached hydrogens (primary N) is 1. The number of carbonyl (C=O) groups is 1. The van der Waals surface area contributed by atoms with E-state index in [1.54, 1.807) is 11.4 Å². The van der Waals surface area contributed by atoms with Crippen LogP contribution in [-0.2, 0) is 15.6 Å². The smallest absolute Gasteiger partial charge is 0.405 e. The first-order chi connectivity index (χ1) is 9.23. The van der Waals surface area contributed by atoms with Crippen LogP contribution in [0.25, 0.3) is 0 Å². The second kappa shape index (κ2) is 6.60. The summed E-state index contributed by atoms with van der Waals surface area (Å²) in [5.41, 5.74) is 5.78. The van der Waals surface area contributed by atoms with E-state index in [0.717, 1.165) is 0 Å². The summed E-state index contributed by atoms with van der Waals surface area (Å²) >= 11 is 0. The maximum absolute atomic E-state index is 11.9. The lowest BCUT2D eigenvalue weighted by Gasteiger charge is -2.10. The van der Waals surface area contributed by atoms with Gasteiger partial charge in [0, 0.05) is 5.69 Å². The molecule has 5 nitrogen and oxygen atoms in total. The SMILES string of the molecule is COc1ccc(N)c(S(=O)CC(=O)NCC(F)(F)F)c1. The van der Waals surface area contributed by atoms with Crippen molar-refractivity contribution in [2.75, 3.05) is 25.1 Å². The fourth-order valence-corrected chi connectivity index (χ4v) is 2.36. The van der Waals surface area contributed by atoms with Gasteiger partial charge < -0.3 is 15.8 Å². The molecule has 0 saturated carbocycles. The Morgan fingerprint density at radius 1 is 1.45 bits per heavy atom. The summed E-state index contributed by atoms with van der Waals surface area (Å²) in [5, 5.41) is 1.64. The van der Waals surface area contributed by atoms with Gasteiger partial charge in [0.2, 0.25) is 5.91 Å². The van der Waals surface area contributed by atoms with Crippen molar-refractivity contribution in [1.82, 2.24) is 5.32 Å². The molecule has 0 bridgehead atoms. The van der Waals surface area contributed by atoms with E-state index < -0.39 is 35.2 Å². The fourth-order valence-electron chi connectivity index (χ4n) is 1.29. The third-order valence-corrected chi connectivity index (χ3v) is 3.58. The average molecular weight is 310 g/mol. The summed E-state index contributed by atoms with van der Waals surface area (Å²) in [5.74, 6) is -1.19. The van der Waals surface area contributed by atoms with Gasteiger partial charge in [0.05, 0.1) is 22.8 Å². The molecule has 0 aliphatic heterocycles. The number of rotatable bonds is 5. The van der Waals surface area contributed by atoms with Gasteiger partial charge in [-0.3, -0.25) is 9.00 Å². The number of nitrogens with one attached hydrogen (secondary N) is 1. The van der Waals surface area contributed by atoms with E-state index in [9.17, 15) is 22.2 Å². The summed E-state index contributed by atoms with van der Waals surface area (Å²) in [6.45, 7) is -1.46. The minimum absolute atomic E-state index is 0.145. The molecule has 0 aliphatic carbocycles. The van der Waals surface area contributed by atoms with Gasteiger partial charge in [-0.2, -0.15) is 13.2 Å². The van der Waals surface area contributed by atoms with E-state index in [-0.39, 0.29) is 10.6 Å². The lowest BCUT2D eigenvalue weighted by atomic mass is 10.3. The van der Waals surface area contributed by atoms with Crippen molar-refractivity contribution in [1.29, 1.82) is 0 Å². The zero-order valence-electron chi connectivity index (χ0n) is 10.5. The van der Waals surface area contributed by atoms with Gasteiger partial charge >= 0.3 is 6.18 Å². The van der Waals surface area contributed by atoms with E-state index >= 15 is 0 Å². The van der Waals surface area contributed by atoms with Crippen LogP contribution in [0.15, 0.2) is 23.1 Å². The molecule has 1 amide bonds. The Balaban J connectivity index is 2.69. The first-order valence-electron chi connectivity index (χ1n) is 5.38. The molecule has 1 unspecified atom stereocenters. The van der Waals surface area contributed by atoms with Crippen molar-refractivity contribution in [3.63, 3.8) is 0 Å². The lowest BCUT2D eigenvalue weighted by Crippen LogP contribution is -2.36. The first-order valence-corrected chi connectivity index (χ1v) is 6.70. The van der Waals surface area contributed by atoms with Gasteiger partial charge in [-0.1, -0.05) is 0 Å². The molecule has 9 heteroatoms. The molecule has 1 atom stereocenters. The number of nitrogen functional groups attached to an aromatic ring is 1. The highest BCUT2D eigenvalue weighted by Gasteiger charge is 2.28. The summed E-state index contributed by atoms with van der Waals surface area (Å²) in [6, 6.07) is 4.36. The summed E-state index contributed by atoms with van der Waals surface area (Å²) in [6.07, 6.45) is -4.51. The Labute approximate surface area is 115 Å². The Bertz CT molecular complexity index is 520. The van der Waals surface area contributed by atoms with Crippen molar-refractivity contribution in [3.05, 3.63) is 18.2 Å². The standard InChI is InChI=1S/C11H13F3N2O3S/c1-19-7-2-3-8(15)9(4-7)20(18)5-10(17)16-6-11(12,13)14/h2-4H,5-6,15H2,1H3,(H,16,17). The van der Waals surface area contributed by atoms with Gasteiger partial charge in [-0.25, -0.2) is 0 Å². The van der Waals surface area contributed by atoms with Gasteiger partial charge in [0.15, 0.2) is 0 Å². The van der Waals surface area contributed by atoms with Crippen LogP contribution in [-0.4, -0.2) is 35.7 Å². The fraction of sp³-hybridized carbons (Fsp3) is 0.364. The molecule has 1 aromatic carbocycles. The second-order valence-corrected chi connectivity index (χ2v) is 5.21. The summed E-state index contributed by atoms with van der Waals surface area (Å²) in [4.78, 5) is 11.4. The Hall–Kier alpha value is -1.77. The molecule has 3 N–H and O–H groups in total. The number of hydrogen-bond donors (Lipinski definition) is 2. The minimum Gasteiger partial charge on any atom is -0.497 e. The third-order valence-electron chi connectivity index (χ3n) is 2.21. The van der Waals surface area contributed by atoms with Gasteiger partial charge in [-0.05, 0) is 18.2 Å². The van der Waals surface area contributed by atoms with E-state index in [1.807, 2.05) is 0 Å². The van der Waals surface area contributed by atoms with E-state index in [1.165, 1.54) is 19.2 Å². The van der Waals surface area contributed by atoms with Gasteiger partial charge in [0.1, 0.15) is 18.0 Å². The van der Waals surface area contributed by atoms with Gasteiger partial charge in [-0.15, -0.1) is 0 Å². The number of methoxy groups -OCH3 is 1. The average Bonchev–Trinajstić information content (AvgIpc) is 2.36. The number of halogens is 3. The molecular formula is C11H13F3N2O3S. The highest BCUT2D eigenvalue weighted by molar-refractivity contribution is 7.86. The third kappa shape index (κ3) is 5.08. The number of alkyl halides is 3. The highest BCUT2D eigenvalue weighted by Crippen LogP contribution is 2.22. The Morgan fingerprint density at radius 2 is 2.10 bits per heavy atom.